The molecule has 1 aromatic carbocycles. The number of hydrogen-bond donors (Lipinski definition) is 1. The molecule has 0 spiro atoms. The second-order valence-corrected chi connectivity index (χ2v) is 7.64. The van der Waals surface area contributed by atoms with Crippen LogP contribution in [0.4, 0.5) is 13.2 Å². The van der Waals surface area contributed by atoms with Gasteiger partial charge in [0.1, 0.15) is 6.10 Å². The van der Waals surface area contributed by atoms with E-state index in [4.69, 9.17) is 14.6 Å². The maximum atomic E-state index is 12.1. The fourth-order valence-corrected chi connectivity index (χ4v) is 3.61. The number of amides is 1. The molecule has 0 radical (unpaired) electrons. The normalized spacial score (nSPS) is 24.3. The van der Waals surface area contributed by atoms with Gasteiger partial charge in [0.05, 0.1) is 6.10 Å². The minimum atomic E-state index is -5.08. The van der Waals surface area contributed by atoms with Gasteiger partial charge in [0, 0.05) is 27.2 Å². The average molecular weight is 416 g/mol. The Morgan fingerprint density at radius 3 is 2.45 bits per heavy atom. The van der Waals surface area contributed by atoms with Crippen molar-refractivity contribution in [3.8, 4) is 0 Å². The molecular weight excluding hydrogens is 389 g/mol. The van der Waals surface area contributed by atoms with Crippen LogP contribution >= 0.6 is 0 Å². The van der Waals surface area contributed by atoms with E-state index in [-0.39, 0.29) is 18.1 Å². The number of aryl methyl sites for hydroxylation is 1. The van der Waals surface area contributed by atoms with Crippen molar-refractivity contribution in [1.29, 1.82) is 0 Å². The summed E-state index contributed by atoms with van der Waals surface area (Å²) in [6, 6.07) is 8.56. The van der Waals surface area contributed by atoms with E-state index in [2.05, 4.69) is 36.1 Å². The third kappa shape index (κ3) is 6.43. The van der Waals surface area contributed by atoms with E-state index in [1.165, 1.54) is 11.1 Å². The lowest BCUT2D eigenvalue weighted by Crippen LogP contribution is -2.42. The average Bonchev–Trinajstić information content (AvgIpc) is 3.06. The van der Waals surface area contributed by atoms with Crippen LogP contribution in [0.15, 0.2) is 24.3 Å². The predicted octanol–water partition coefficient (Wildman–Crippen LogP) is 2.70. The van der Waals surface area contributed by atoms with Crippen LogP contribution in [0.3, 0.4) is 0 Å². The number of halogens is 3. The van der Waals surface area contributed by atoms with Crippen molar-refractivity contribution in [2.45, 2.75) is 44.7 Å². The Labute approximate surface area is 168 Å². The molecule has 2 fully saturated rings. The van der Waals surface area contributed by atoms with Gasteiger partial charge in [0.15, 0.2) is 0 Å². The number of alkyl halides is 3. The number of likely N-dealkylation sites (N-methyl/N-ethyl adjacent to an activating group) is 1. The number of ether oxygens (including phenoxy) is 1. The number of likely N-dealkylation sites (tertiary alicyclic amines) is 1. The van der Waals surface area contributed by atoms with E-state index in [1.54, 1.807) is 19.0 Å². The van der Waals surface area contributed by atoms with E-state index < -0.39 is 12.1 Å². The van der Waals surface area contributed by atoms with E-state index in [9.17, 15) is 18.0 Å². The molecule has 1 amide bonds. The first kappa shape index (κ1) is 23.2. The highest BCUT2D eigenvalue weighted by atomic mass is 19.4. The van der Waals surface area contributed by atoms with Crippen molar-refractivity contribution >= 4 is 11.9 Å². The van der Waals surface area contributed by atoms with Crippen molar-refractivity contribution in [3.05, 3.63) is 35.4 Å². The zero-order valence-electron chi connectivity index (χ0n) is 16.8. The Balaban J connectivity index is 0.000000370. The third-order valence-corrected chi connectivity index (χ3v) is 5.25. The van der Waals surface area contributed by atoms with Crippen molar-refractivity contribution in [2.24, 2.45) is 5.92 Å². The largest absolute Gasteiger partial charge is 0.490 e. The number of piperidine rings is 1. The van der Waals surface area contributed by atoms with Gasteiger partial charge >= 0.3 is 12.1 Å². The first-order chi connectivity index (χ1) is 13.5. The van der Waals surface area contributed by atoms with Crippen LogP contribution in [0, 0.1) is 12.8 Å². The SMILES string of the molecule is Cc1ccccc1CN1CC[C@H]2C[C@H](C(=O)N(C)C)O[C@@H]2C1.O=C(O)C(F)(F)F. The fraction of sp³-hybridized carbons (Fsp3) is 0.600. The Morgan fingerprint density at radius 1 is 1.28 bits per heavy atom. The van der Waals surface area contributed by atoms with Gasteiger partial charge in [0.25, 0.3) is 5.91 Å². The summed E-state index contributed by atoms with van der Waals surface area (Å²) < 4.78 is 37.8. The second kappa shape index (κ2) is 9.58. The molecule has 3 rings (SSSR count). The molecule has 2 heterocycles. The monoisotopic (exact) mass is 416 g/mol. The van der Waals surface area contributed by atoms with Gasteiger partial charge in [-0.25, -0.2) is 4.79 Å². The number of carbonyl (C=O) groups excluding carboxylic acids is 1. The van der Waals surface area contributed by atoms with Crippen molar-refractivity contribution in [3.63, 3.8) is 0 Å². The zero-order chi connectivity index (χ0) is 21.8. The second-order valence-electron chi connectivity index (χ2n) is 7.64. The Kier molecular flexibility index (Phi) is 7.65. The molecule has 0 aliphatic carbocycles. The number of carboxylic acid groups (broad SMARTS) is 1. The predicted molar refractivity (Wildman–Crippen MR) is 100 cm³/mol. The molecule has 0 bridgehead atoms. The van der Waals surface area contributed by atoms with E-state index in [0.29, 0.717) is 5.92 Å². The number of nitrogens with zero attached hydrogens (tertiary/aromatic N) is 2. The van der Waals surface area contributed by atoms with Crippen molar-refractivity contribution in [2.75, 3.05) is 27.2 Å². The van der Waals surface area contributed by atoms with Gasteiger partial charge in [-0.3, -0.25) is 9.69 Å². The van der Waals surface area contributed by atoms with Crippen LogP contribution in [-0.4, -0.2) is 72.4 Å². The summed E-state index contributed by atoms with van der Waals surface area (Å²) in [5.74, 6) is -2.10. The lowest BCUT2D eigenvalue weighted by atomic mass is 9.91. The molecule has 162 valence electrons. The van der Waals surface area contributed by atoms with Crippen LogP contribution in [-0.2, 0) is 20.9 Å². The molecule has 9 heteroatoms. The molecule has 0 unspecified atom stereocenters. The minimum absolute atomic E-state index is 0.111. The first-order valence-corrected chi connectivity index (χ1v) is 9.42. The lowest BCUT2D eigenvalue weighted by Gasteiger charge is -2.34. The molecule has 6 nitrogen and oxygen atoms in total. The third-order valence-electron chi connectivity index (χ3n) is 5.25. The number of rotatable bonds is 3. The standard InChI is InChI=1S/C18H26N2O2.C2HF3O2/c1-13-6-4-5-7-15(13)11-20-9-8-14-10-16(18(21)19(2)3)22-17(14)12-20;3-2(4,5)1(6)7/h4-7,14,16-17H,8-12H2,1-3H3;(H,6,7)/t14-,16+,17+;/m0./s1. The minimum Gasteiger partial charge on any atom is -0.475 e. The summed E-state index contributed by atoms with van der Waals surface area (Å²) in [5, 5.41) is 7.12. The molecular formula is C20H27F3N2O4. The van der Waals surface area contributed by atoms with Gasteiger partial charge in [-0.1, -0.05) is 24.3 Å². The summed E-state index contributed by atoms with van der Waals surface area (Å²) in [5.41, 5.74) is 2.73. The van der Waals surface area contributed by atoms with Crippen molar-refractivity contribution < 1.29 is 32.6 Å². The highest BCUT2D eigenvalue weighted by Crippen LogP contribution is 2.34. The molecule has 0 aromatic heterocycles. The van der Waals surface area contributed by atoms with Gasteiger partial charge < -0.3 is 14.7 Å². The molecule has 2 saturated heterocycles. The molecule has 1 aromatic rings. The summed E-state index contributed by atoms with van der Waals surface area (Å²) >= 11 is 0. The Bertz CT molecular complexity index is 724. The molecule has 2 aliphatic rings. The molecule has 2 aliphatic heterocycles. The topological polar surface area (TPSA) is 70.1 Å². The first-order valence-electron chi connectivity index (χ1n) is 9.42. The smallest absolute Gasteiger partial charge is 0.475 e. The van der Waals surface area contributed by atoms with E-state index in [1.807, 2.05) is 0 Å². The molecule has 3 atom stereocenters. The van der Waals surface area contributed by atoms with Crippen LogP contribution < -0.4 is 0 Å². The number of aliphatic carboxylic acids is 1. The Hall–Kier alpha value is -2.13. The molecule has 29 heavy (non-hydrogen) atoms. The number of hydrogen-bond acceptors (Lipinski definition) is 4. The lowest BCUT2D eigenvalue weighted by molar-refractivity contribution is -0.192. The molecule has 1 N–H and O–H groups in total. The maximum absolute atomic E-state index is 12.1. The number of benzene rings is 1. The maximum Gasteiger partial charge on any atom is 0.490 e. The highest BCUT2D eigenvalue weighted by Gasteiger charge is 2.42. The number of fused-ring (bicyclic) bond motifs is 1. The number of carboxylic acids is 1. The van der Waals surface area contributed by atoms with Crippen LogP contribution in [0.25, 0.3) is 0 Å². The quantitative estimate of drug-likeness (QED) is 0.821. The summed E-state index contributed by atoms with van der Waals surface area (Å²) in [4.78, 5) is 25.1. The van der Waals surface area contributed by atoms with E-state index >= 15 is 0 Å². The summed E-state index contributed by atoms with van der Waals surface area (Å²) in [7, 11) is 3.61. The molecule has 0 saturated carbocycles. The van der Waals surface area contributed by atoms with Gasteiger partial charge in [0.2, 0.25) is 0 Å². The van der Waals surface area contributed by atoms with Gasteiger partial charge in [-0.05, 0) is 43.4 Å². The summed E-state index contributed by atoms with van der Waals surface area (Å²) in [6.45, 7) is 5.18. The Morgan fingerprint density at radius 2 is 1.90 bits per heavy atom. The number of carbonyl (C=O) groups is 2. The van der Waals surface area contributed by atoms with E-state index in [0.717, 1.165) is 32.5 Å². The highest BCUT2D eigenvalue weighted by molar-refractivity contribution is 5.80. The van der Waals surface area contributed by atoms with Crippen LogP contribution in [0.5, 0.6) is 0 Å². The fourth-order valence-electron chi connectivity index (χ4n) is 3.61. The van der Waals surface area contributed by atoms with Crippen LogP contribution in [0.2, 0.25) is 0 Å². The van der Waals surface area contributed by atoms with Crippen LogP contribution in [0.1, 0.15) is 24.0 Å². The summed E-state index contributed by atoms with van der Waals surface area (Å²) in [6.07, 6.45) is -3.08. The van der Waals surface area contributed by atoms with Gasteiger partial charge in [-0.2, -0.15) is 13.2 Å². The van der Waals surface area contributed by atoms with Crippen molar-refractivity contribution in [1.82, 2.24) is 9.80 Å². The van der Waals surface area contributed by atoms with Gasteiger partial charge in [-0.15, -0.1) is 0 Å². The zero-order valence-corrected chi connectivity index (χ0v) is 16.8.